The van der Waals surface area contributed by atoms with Gasteiger partial charge in [0.25, 0.3) is 0 Å². The largest absolute Gasteiger partial charge is 0.366 e. The third-order valence-electron chi connectivity index (χ3n) is 4.53. The molecule has 2 heterocycles. The first kappa shape index (κ1) is 22.1. The summed E-state index contributed by atoms with van der Waals surface area (Å²) < 4.78 is 3.84. The highest BCUT2D eigenvalue weighted by molar-refractivity contribution is 5.97. The number of nitrogens with zero attached hydrogens (tertiary/aromatic N) is 4. The molecule has 0 radical (unpaired) electrons. The molecule has 154 valence electrons. The summed E-state index contributed by atoms with van der Waals surface area (Å²) in [5.74, 6) is 0.613. The lowest BCUT2D eigenvalue weighted by Gasteiger charge is -2.07. The summed E-state index contributed by atoms with van der Waals surface area (Å²) in [7, 11) is 0. The minimum absolute atomic E-state index is 0.416. The molecule has 0 unspecified atom stereocenters. The molecular weight excluding hydrogens is 366 g/mol. The van der Waals surface area contributed by atoms with Gasteiger partial charge < -0.3 is 10.3 Å². The number of allylic oxidation sites excluding steroid dienone is 1. The van der Waals surface area contributed by atoms with E-state index in [0.29, 0.717) is 11.3 Å². The van der Waals surface area contributed by atoms with Gasteiger partial charge in [-0.3, -0.25) is 14.3 Å². The molecule has 0 fully saturated rings. The van der Waals surface area contributed by atoms with Crippen LogP contribution in [0.2, 0.25) is 0 Å². The number of aryl methyl sites for hydroxylation is 4. The van der Waals surface area contributed by atoms with Gasteiger partial charge in [-0.2, -0.15) is 5.10 Å². The number of benzene rings is 1. The lowest BCUT2D eigenvalue weighted by molar-refractivity contribution is 0.0999. The summed E-state index contributed by atoms with van der Waals surface area (Å²) in [4.78, 5) is 26.3. The van der Waals surface area contributed by atoms with E-state index in [4.69, 9.17) is 5.73 Å². The van der Waals surface area contributed by atoms with Crippen LogP contribution in [0.15, 0.2) is 30.9 Å². The van der Waals surface area contributed by atoms with Crippen LogP contribution < -0.4 is 5.73 Å². The second kappa shape index (κ2) is 9.82. The number of carbonyl (C=O) groups is 2. The third kappa shape index (κ3) is 4.99. The summed E-state index contributed by atoms with van der Waals surface area (Å²) in [5.41, 5.74) is 10.3. The molecular formula is C22H29N5O2. The van der Waals surface area contributed by atoms with E-state index in [1.165, 1.54) is 0 Å². The molecule has 0 spiro atoms. The Labute approximate surface area is 171 Å². The summed E-state index contributed by atoms with van der Waals surface area (Å²) in [6.07, 6.45) is 4.63. The standard InChI is InChI=1S/C15H19N3O.C7H10N2O/c1-4-6-13-17-12-9-11(15(16)19)8-10(3)14(12)18(13)7-5-2;1-3-9-7(5-10)4-6(2)8-9/h5,8-9H,2,4,6-7H2,1,3H3,(H2,16,19);4-5H,3H2,1-2H3. The number of aromatic nitrogens is 4. The Morgan fingerprint density at radius 2 is 1.97 bits per heavy atom. The Morgan fingerprint density at radius 3 is 2.48 bits per heavy atom. The van der Waals surface area contributed by atoms with Crippen molar-refractivity contribution < 1.29 is 9.59 Å². The maximum atomic E-state index is 11.3. The smallest absolute Gasteiger partial charge is 0.248 e. The fraction of sp³-hybridized carbons (Fsp3) is 0.364. The number of hydrogen-bond acceptors (Lipinski definition) is 4. The molecule has 2 aromatic heterocycles. The van der Waals surface area contributed by atoms with E-state index in [0.717, 1.165) is 60.3 Å². The van der Waals surface area contributed by atoms with Gasteiger partial charge in [-0.15, -0.1) is 6.58 Å². The molecule has 3 rings (SSSR count). The van der Waals surface area contributed by atoms with Crippen molar-refractivity contribution in [1.29, 1.82) is 0 Å². The number of hydrogen-bond donors (Lipinski definition) is 1. The van der Waals surface area contributed by atoms with Gasteiger partial charge in [0.2, 0.25) is 5.91 Å². The maximum Gasteiger partial charge on any atom is 0.248 e. The van der Waals surface area contributed by atoms with E-state index in [2.05, 4.69) is 28.2 Å². The third-order valence-corrected chi connectivity index (χ3v) is 4.53. The summed E-state index contributed by atoms with van der Waals surface area (Å²) in [5, 5.41) is 4.09. The van der Waals surface area contributed by atoms with Gasteiger partial charge in [0, 0.05) is 25.1 Å². The zero-order valence-electron chi connectivity index (χ0n) is 17.6. The van der Waals surface area contributed by atoms with E-state index < -0.39 is 5.91 Å². The van der Waals surface area contributed by atoms with Crippen LogP contribution in [-0.2, 0) is 19.5 Å². The minimum Gasteiger partial charge on any atom is -0.366 e. The number of aldehydes is 1. The number of fused-ring (bicyclic) bond motifs is 1. The van der Waals surface area contributed by atoms with E-state index >= 15 is 0 Å². The Balaban J connectivity index is 0.000000253. The van der Waals surface area contributed by atoms with Crippen LogP contribution in [-0.4, -0.2) is 31.5 Å². The van der Waals surface area contributed by atoms with Crippen molar-refractivity contribution in [1.82, 2.24) is 19.3 Å². The van der Waals surface area contributed by atoms with Crippen LogP contribution in [0.1, 0.15) is 58.2 Å². The zero-order chi connectivity index (χ0) is 21.6. The Kier molecular flexibility index (Phi) is 7.47. The molecule has 1 amide bonds. The maximum absolute atomic E-state index is 11.3. The molecule has 2 N–H and O–H groups in total. The fourth-order valence-electron chi connectivity index (χ4n) is 3.32. The molecule has 0 saturated heterocycles. The van der Waals surface area contributed by atoms with Crippen molar-refractivity contribution in [2.24, 2.45) is 5.73 Å². The normalized spacial score (nSPS) is 10.5. The molecule has 7 heteroatoms. The van der Waals surface area contributed by atoms with Gasteiger partial charge in [0.1, 0.15) is 11.5 Å². The highest BCUT2D eigenvalue weighted by Gasteiger charge is 2.14. The van der Waals surface area contributed by atoms with Crippen LogP contribution in [0.4, 0.5) is 0 Å². The molecule has 0 bridgehead atoms. The Morgan fingerprint density at radius 1 is 1.24 bits per heavy atom. The van der Waals surface area contributed by atoms with Gasteiger partial charge in [0.05, 0.1) is 16.7 Å². The van der Waals surface area contributed by atoms with Crippen LogP contribution in [0.3, 0.4) is 0 Å². The molecule has 0 aliphatic carbocycles. The van der Waals surface area contributed by atoms with Gasteiger partial charge in [-0.1, -0.05) is 13.0 Å². The second-order valence-electron chi connectivity index (χ2n) is 6.85. The van der Waals surface area contributed by atoms with Crippen molar-refractivity contribution in [2.45, 2.75) is 53.6 Å². The monoisotopic (exact) mass is 395 g/mol. The predicted octanol–water partition coefficient (Wildman–Crippen LogP) is 3.61. The lowest BCUT2D eigenvalue weighted by atomic mass is 10.1. The van der Waals surface area contributed by atoms with E-state index in [-0.39, 0.29) is 0 Å². The first-order chi connectivity index (χ1) is 13.9. The molecule has 3 aromatic rings. The Hall–Kier alpha value is -3.22. The number of rotatable bonds is 7. The van der Waals surface area contributed by atoms with Gasteiger partial charge in [-0.05, 0) is 51.0 Å². The average molecular weight is 396 g/mol. The first-order valence-corrected chi connectivity index (χ1v) is 9.76. The number of primary amides is 1. The van der Waals surface area contributed by atoms with Gasteiger partial charge in [-0.25, -0.2) is 4.98 Å². The van der Waals surface area contributed by atoms with E-state index in [1.54, 1.807) is 16.8 Å². The van der Waals surface area contributed by atoms with Crippen molar-refractivity contribution >= 4 is 23.2 Å². The SMILES string of the molecule is C=CCn1c(CCC)nc2cc(C(N)=O)cc(C)c21.CCn1nc(C)cc1C=O. The van der Waals surface area contributed by atoms with Crippen molar-refractivity contribution in [3.8, 4) is 0 Å². The number of imidazole rings is 1. The fourth-order valence-corrected chi connectivity index (χ4v) is 3.32. The topological polar surface area (TPSA) is 95.8 Å². The molecule has 7 nitrogen and oxygen atoms in total. The van der Waals surface area contributed by atoms with Gasteiger partial charge >= 0.3 is 0 Å². The Bertz CT molecular complexity index is 1030. The molecule has 29 heavy (non-hydrogen) atoms. The van der Waals surface area contributed by atoms with E-state index in [9.17, 15) is 9.59 Å². The average Bonchev–Trinajstić information content (AvgIpc) is 3.23. The van der Waals surface area contributed by atoms with Crippen LogP contribution in [0.25, 0.3) is 11.0 Å². The highest BCUT2D eigenvalue weighted by atomic mass is 16.1. The number of amides is 1. The van der Waals surface area contributed by atoms with Crippen LogP contribution in [0, 0.1) is 13.8 Å². The van der Waals surface area contributed by atoms with E-state index in [1.807, 2.05) is 32.9 Å². The first-order valence-electron chi connectivity index (χ1n) is 9.76. The second-order valence-corrected chi connectivity index (χ2v) is 6.85. The van der Waals surface area contributed by atoms with Crippen molar-refractivity contribution in [2.75, 3.05) is 0 Å². The van der Waals surface area contributed by atoms with Crippen LogP contribution >= 0.6 is 0 Å². The highest BCUT2D eigenvalue weighted by Crippen LogP contribution is 2.23. The van der Waals surface area contributed by atoms with Crippen LogP contribution in [0.5, 0.6) is 0 Å². The van der Waals surface area contributed by atoms with Crippen molar-refractivity contribution in [3.63, 3.8) is 0 Å². The minimum atomic E-state index is -0.416. The molecule has 0 aliphatic heterocycles. The molecule has 0 aliphatic rings. The predicted molar refractivity (Wildman–Crippen MR) is 115 cm³/mol. The zero-order valence-corrected chi connectivity index (χ0v) is 17.6. The molecule has 0 atom stereocenters. The summed E-state index contributed by atoms with van der Waals surface area (Å²) in [6.45, 7) is 13.2. The number of carbonyl (C=O) groups excluding carboxylic acids is 2. The number of nitrogens with two attached hydrogens (primary N) is 1. The molecule has 1 aromatic carbocycles. The van der Waals surface area contributed by atoms with Gasteiger partial charge in [0.15, 0.2) is 6.29 Å². The summed E-state index contributed by atoms with van der Waals surface area (Å²) in [6, 6.07) is 5.36. The lowest BCUT2D eigenvalue weighted by Crippen LogP contribution is -2.11. The molecule has 0 saturated carbocycles. The van der Waals surface area contributed by atoms with Crippen molar-refractivity contribution in [3.05, 3.63) is 59.2 Å². The summed E-state index contributed by atoms with van der Waals surface area (Å²) >= 11 is 0. The quantitative estimate of drug-likeness (QED) is 0.488.